The minimum Gasteiger partial charge on any atom is -0.506 e. The van der Waals surface area contributed by atoms with Gasteiger partial charge < -0.3 is 25.5 Å². The van der Waals surface area contributed by atoms with E-state index in [2.05, 4.69) is 48.5 Å². The topological polar surface area (TPSA) is 169 Å². The highest BCUT2D eigenvalue weighted by Crippen LogP contribution is 2.35. The van der Waals surface area contributed by atoms with E-state index in [-0.39, 0.29) is 16.7 Å². The predicted octanol–water partition coefficient (Wildman–Crippen LogP) is 5.21. The summed E-state index contributed by atoms with van der Waals surface area (Å²) in [5.74, 6) is -7.57. The minimum absolute atomic E-state index is 0.0763. The molecule has 4 rings (SSSR count). The first-order valence-electron chi connectivity index (χ1n) is 10.7. The van der Waals surface area contributed by atoms with Gasteiger partial charge in [-0.2, -0.15) is 0 Å². The van der Waals surface area contributed by atoms with E-state index in [1.165, 1.54) is 23.3 Å². The number of hydrogen-bond acceptors (Lipinski definition) is 5. The molecule has 0 aliphatic carbocycles. The van der Waals surface area contributed by atoms with Crippen LogP contribution in [0.2, 0.25) is 0 Å². The van der Waals surface area contributed by atoms with Crippen molar-refractivity contribution in [2.45, 2.75) is 0 Å². The molecular formula is C28H20O9. The molecule has 0 bridgehead atoms. The van der Waals surface area contributed by atoms with Crippen LogP contribution < -0.4 is 0 Å². The number of aromatic carboxylic acids is 4. The number of carbonyl (C=O) groups is 4. The molecule has 0 unspecified atom stereocenters. The van der Waals surface area contributed by atoms with Gasteiger partial charge in [-0.3, -0.25) is 0 Å². The van der Waals surface area contributed by atoms with Crippen LogP contribution in [0.3, 0.4) is 0 Å². The van der Waals surface area contributed by atoms with Crippen molar-refractivity contribution < 1.29 is 44.7 Å². The Morgan fingerprint density at radius 2 is 0.946 bits per heavy atom. The van der Waals surface area contributed by atoms with E-state index >= 15 is 0 Å². The Morgan fingerprint density at radius 1 is 0.486 bits per heavy atom. The van der Waals surface area contributed by atoms with Crippen molar-refractivity contribution in [1.82, 2.24) is 0 Å². The van der Waals surface area contributed by atoms with E-state index in [1.807, 2.05) is 12.1 Å². The van der Waals surface area contributed by atoms with Crippen molar-refractivity contribution in [2.24, 2.45) is 0 Å². The highest BCUT2D eigenvalue weighted by molar-refractivity contribution is 6.11. The minimum atomic E-state index is -1.82. The lowest BCUT2D eigenvalue weighted by Crippen LogP contribution is -2.13. The molecule has 0 aliphatic heterocycles. The molecule has 186 valence electrons. The number of phenols is 1. The lowest BCUT2D eigenvalue weighted by atomic mass is 9.91. The van der Waals surface area contributed by atoms with Crippen LogP contribution >= 0.6 is 0 Å². The first kappa shape index (κ1) is 26.2. The largest absolute Gasteiger partial charge is 0.506 e. The van der Waals surface area contributed by atoms with Crippen molar-refractivity contribution >= 4 is 23.9 Å². The predicted molar refractivity (Wildman–Crippen MR) is 133 cm³/mol. The average molecular weight is 500 g/mol. The molecule has 0 atom stereocenters. The summed E-state index contributed by atoms with van der Waals surface area (Å²) >= 11 is 0. The molecule has 37 heavy (non-hydrogen) atoms. The molecule has 4 aromatic carbocycles. The van der Waals surface area contributed by atoms with Gasteiger partial charge in [-0.05, 0) is 40.5 Å². The van der Waals surface area contributed by atoms with Crippen LogP contribution in [0.1, 0.15) is 41.4 Å². The standard InChI is InChI=1S/C16H10O9.C12H10/c17-12-9(14(20)21)5-8(10(15(22)23)11(12)16(24)25)6-1-3-7(4-2-6)13(18)19;1-3-7-11(8-4-1)12-9-5-2-6-10-12/h1-5,17H,(H,18,19)(H,20,21)(H,22,23)(H,24,25);1-10H. The Balaban J connectivity index is 0.000000262. The van der Waals surface area contributed by atoms with Gasteiger partial charge in [0.2, 0.25) is 0 Å². The molecule has 0 spiro atoms. The summed E-state index contributed by atoms with van der Waals surface area (Å²) in [5.41, 5.74) is -0.417. The number of benzene rings is 4. The molecule has 0 aliphatic rings. The van der Waals surface area contributed by atoms with Crippen LogP contribution in [0.5, 0.6) is 5.75 Å². The monoisotopic (exact) mass is 500 g/mol. The molecule has 0 saturated heterocycles. The third-order valence-electron chi connectivity index (χ3n) is 5.28. The number of aromatic hydroxyl groups is 1. The first-order valence-corrected chi connectivity index (χ1v) is 10.7. The smallest absolute Gasteiger partial charge is 0.340 e. The zero-order chi connectivity index (χ0) is 27.1. The molecule has 9 nitrogen and oxygen atoms in total. The van der Waals surface area contributed by atoms with Gasteiger partial charge in [-0.25, -0.2) is 19.2 Å². The summed E-state index contributed by atoms with van der Waals surface area (Å²) in [6.07, 6.45) is 0. The summed E-state index contributed by atoms with van der Waals surface area (Å²) < 4.78 is 0. The second kappa shape index (κ2) is 11.3. The van der Waals surface area contributed by atoms with Crippen molar-refractivity contribution in [2.75, 3.05) is 0 Å². The van der Waals surface area contributed by atoms with E-state index in [1.54, 1.807) is 0 Å². The summed E-state index contributed by atoms with van der Waals surface area (Å²) in [4.78, 5) is 45.0. The second-order valence-corrected chi connectivity index (χ2v) is 7.60. The zero-order valence-corrected chi connectivity index (χ0v) is 19.0. The molecule has 0 saturated carbocycles. The quantitative estimate of drug-likeness (QED) is 0.239. The summed E-state index contributed by atoms with van der Waals surface area (Å²) in [6, 6.07) is 26.3. The van der Waals surface area contributed by atoms with Gasteiger partial charge in [0.15, 0.2) is 0 Å². The van der Waals surface area contributed by atoms with Crippen molar-refractivity contribution in [3.63, 3.8) is 0 Å². The van der Waals surface area contributed by atoms with Gasteiger partial charge in [-0.1, -0.05) is 72.8 Å². The Morgan fingerprint density at radius 3 is 1.32 bits per heavy atom. The lowest BCUT2D eigenvalue weighted by Gasteiger charge is -2.13. The molecule has 0 radical (unpaired) electrons. The van der Waals surface area contributed by atoms with E-state index in [9.17, 15) is 34.5 Å². The molecule has 5 N–H and O–H groups in total. The van der Waals surface area contributed by atoms with Gasteiger partial charge >= 0.3 is 23.9 Å². The van der Waals surface area contributed by atoms with Gasteiger partial charge in [0, 0.05) is 0 Å². The zero-order valence-electron chi connectivity index (χ0n) is 19.0. The van der Waals surface area contributed by atoms with E-state index in [4.69, 9.17) is 10.2 Å². The Labute approximate surface area is 210 Å². The summed E-state index contributed by atoms with van der Waals surface area (Å²) in [7, 11) is 0. The molecule has 0 fully saturated rings. The second-order valence-electron chi connectivity index (χ2n) is 7.60. The fraction of sp³-hybridized carbons (Fsp3) is 0. The van der Waals surface area contributed by atoms with Crippen LogP contribution in [0, 0.1) is 0 Å². The molecule has 9 heteroatoms. The lowest BCUT2D eigenvalue weighted by molar-refractivity contribution is 0.0645. The molecular weight excluding hydrogens is 480 g/mol. The van der Waals surface area contributed by atoms with Crippen molar-refractivity contribution in [3.05, 3.63) is 113 Å². The third-order valence-corrected chi connectivity index (χ3v) is 5.28. The van der Waals surface area contributed by atoms with Gasteiger partial charge in [0.1, 0.15) is 16.9 Å². The highest BCUT2D eigenvalue weighted by Gasteiger charge is 2.29. The van der Waals surface area contributed by atoms with Crippen LogP contribution in [0.25, 0.3) is 22.3 Å². The number of carboxylic acid groups (broad SMARTS) is 4. The van der Waals surface area contributed by atoms with Gasteiger partial charge in [0.25, 0.3) is 0 Å². The molecule has 0 amide bonds. The maximum atomic E-state index is 11.5. The van der Waals surface area contributed by atoms with Gasteiger partial charge in [-0.15, -0.1) is 0 Å². The summed E-state index contributed by atoms with van der Waals surface area (Å²) in [6.45, 7) is 0. The number of carboxylic acids is 4. The molecule has 0 heterocycles. The normalized spacial score (nSPS) is 10.1. The number of rotatable bonds is 6. The molecule has 4 aromatic rings. The SMILES string of the molecule is O=C(O)c1ccc(-c2cc(C(=O)O)c(O)c(C(=O)O)c2C(=O)O)cc1.c1ccc(-c2ccccc2)cc1. The van der Waals surface area contributed by atoms with Crippen LogP contribution in [0.15, 0.2) is 91.0 Å². The first-order chi connectivity index (χ1) is 17.6. The van der Waals surface area contributed by atoms with Crippen molar-refractivity contribution in [1.29, 1.82) is 0 Å². The fourth-order valence-corrected chi connectivity index (χ4v) is 3.55. The van der Waals surface area contributed by atoms with E-state index in [0.29, 0.717) is 0 Å². The fourth-order valence-electron chi connectivity index (χ4n) is 3.55. The van der Waals surface area contributed by atoms with Crippen LogP contribution in [-0.4, -0.2) is 49.4 Å². The van der Waals surface area contributed by atoms with Crippen molar-refractivity contribution in [3.8, 4) is 28.0 Å². The van der Waals surface area contributed by atoms with Gasteiger partial charge in [0.05, 0.1) is 11.1 Å². The maximum absolute atomic E-state index is 11.5. The Kier molecular flexibility index (Phi) is 8.01. The van der Waals surface area contributed by atoms with Crippen LogP contribution in [0.4, 0.5) is 0 Å². The average Bonchev–Trinajstić information content (AvgIpc) is 2.89. The van der Waals surface area contributed by atoms with Crippen LogP contribution in [-0.2, 0) is 0 Å². The highest BCUT2D eigenvalue weighted by atomic mass is 16.4. The summed E-state index contributed by atoms with van der Waals surface area (Å²) in [5, 5.41) is 46.4. The van der Waals surface area contributed by atoms with E-state index < -0.39 is 46.3 Å². The third kappa shape index (κ3) is 5.98. The van der Waals surface area contributed by atoms with E-state index in [0.717, 1.165) is 18.2 Å². The maximum Gasteiger partial charge on any atom is 0.340 e. The number of hydrogen-bond donors (Lipinski definition) is 5. The Bertz CT molecular complexity index is 1420. The molecule has 0 aromatic heterocycles. The Hall–Kier alpha value is -5.44.